The normalized spacial score (nSPS) is 28.8. The maximum Gasteiger partial charge on any atom is 0.223 e. The lowest BCUT2D eigenvalue weighted by Crippen LogP contribution is -2.41. The Hall–Kier alpha value is -1.35. The van der Waals surface area contributed by atoms with Gasteiger partial charge in [0, 0.05) is 25.0 Å². The first-order valence-electron chi connectivity index (χ1n) is 8.83. The van der Waals surface area contributed by atoms with E-state index in [1.807, 2.05) is 6.07 Å². The summed E-state index contributed by atoms with van der Waals surface area (Å²) in [6.45, 7) is 0.929. The summed E-state index contributed by atoms with van der Waals surface area (Å²) in [6, 6.07) is 11.2. The number of carbonyl (C=O) groups excluding carboxylic acids is 1. The SMILES string of the molecule is NC1CCCCC1CC(=O)N1CCCC1Cc1ccccc1. The van der Waals surface area contributed by atoms with Crippen molar-refractivity contribution in [3.8, 4) is 0 Å². The monoisotopic (exact) mass is 300 g/mol. The van der Waals surface area contributed by atoms with E-state index in [2.05, 4.69) is 29.2 Å². The fourth-order valence-corrected chi connectivity index (χ4v) is 4.09. The Morgan fingerprint density at radius 2 is 1.86 bits per heavy atom. The van der Waals surface area contributed by atoms with E-state index >= 15 is 0 Å². The van der Waals surface area contributed by atoms with E-state index < -0.39 is 0 Å². The zero-order valence-electron chi connectivity index (χ0n) is 13.4. The van der Waals surface area contributed by atoms with Gasteiger partial charge in [0.25, 0.3) is 0 Å². The van der Waals surface area contributed by atoms with E-state index in [0.29, 0.717) is 24.3 Å². The second-order valence-corrected chi connectivity index (χ2v) is 6.99. The van der Waals surface area contributed by atoms with Crippen molar-refractivity contribution in [2.24, 2.45) is 11.7 Å². The number of carbonyl (C=O) groups is 1. The highest BCUT2D eigenvalue weighted by atomic mass is 16.2. The van der Waals surface area contributed by atoms with Crippen LogP contribution in [0.3, 0.4) is 0 Å². The summed E-state index contributed by atoms with van der Waals surface area (Å²) in [7, 11) is 0. The highest BCUT2D eigenvalue weighted by molar-refractivity contribution is 5.77. The maximum absolute atomic E-state index is 12.7. The van der Waals surface area contributed by atoms with Gasteiger partial charge in [-0.15, -0.1) is 0 Å². The third-order valence-corrected chi connectivity index (χ3v) is 5.42. The van der Waals surface area contributed by atoms with Crippen LogP contribution >= 0.6 is 0 Å². The van der Waals surface area contributed by atoms with Gasteiger partial charge in [0.15, 0.2) is 0 Å². The molecule has 3 heteroatoms. The summed E-state index contributed by atoms with van der Waals surface area (Å²) in [6.07, 6.45) is 8.61. The third-order valence-electron chi connectivity index (χ3n) is 5.42. The van der Waals surface area contributed by atoms with Gasteiger partial charge in [-0.2, -0.15) is 0 Å². The summed E-state index contributed by atoms with van der Waals surface area (Å²) in [5.41, 5.74) is 7.55. The van der Waals surface area contributed by atoms with E-state index in [-0.39, 0.29) is 6.04 Å². The quantitative estimate of drug-likeness (QED) is 0.928. The molecule has 0 aromatic heterocycles. The molecule has 1 heterocycles. The van der Waals surface area contributed by atoms with Crippen LogP contribution < -0.4 is 5.73 Å². The van der Waals surface area contributed by atoms with Gasteiger partial charge in [-0.1, -0.05) is 43.2 Å². The first-order valence-corrected chi connectivity index (χ1v) is 8.83. The Balaban J connectivity index is 1.58. The molecule has 3 nitrogen and oxygen atoms in total. The van der Waals surface area contributed by atoms with Crippen molar-refractivity contribution in [1.82, 2.24) is 4.90 Å². The molecule has 2 fully saturated rings. The first kappa shape index (κ1) is 15.5. The second-order valence-electron chi connectivity index (χ2n) is 6.99. The van der Waals surface area contributed by atoms with E-state index in [1.165, 1.54) is 18.4 Å². The molecule has 22 heavy (non-hydrogen) atoms. The molecule has 1 saturated carbocycles. The number of rotatable bonds is 4. The summed E-state index contributed by atoms with van der Waals surface area (Å²) in [5, 5.41) is 0. The second kappa shape index (κ2) is 7.28. The van der Waals surface area contributed by atoms with E-state index in [1.54, 1.807) is 0 Å². The zero-order valence-corrected chi connectivity index (χ0v) is 13.4. The average molecular weight is 300 g/mol. The number of benzene rings is 1. The van der Waals surface area contributed by atoms with Crippen molar-refractivity contribution in [1.29, 1.82) is 0 Å². The van der Waals surface area contributed by atoms with Gasteiger partial charge in [-0.25, -0.2) is 0 Å². The van der Waals surface area contributed by atoms with Gasteiger partial charge in [0.1, 0.15) is 0 Å². The molecule has 1 amide bonds. The Morgan fingerprint density at radius 1 is 1.09 bits per heavy atom. The molecule has 0 spiro atoms. The lowest BCUT2D eigenvalue weighted by molar-refractivity contribution is -0.133. The van der Waals surface area contributed by atoms with Crippen molar-refractivity contribution >= 4 is 5.91 Å². The predicted molar refractivity (Wildman–Crippen MR) is 89.4 cm³/mol. The van der Waals surface area contributed by atoms with Crippen molar-refractivity contribution in [3.63, 3.8) is 0 Å². The minimum absolute atomic E-state index is 0.230. The van der Waals surface area contributed by atoms with Crippen LogP contribution in [0.5, 0.6) is 0 Å². The van der Waals surface area contributed by atoms with Gasteiger partial charge < -0.3 is 10.6 Å². The van der Waals surface area contributed by atoms with Crippen LogP contribution in [-0.4, -0.2) is 29.4 Å². The highest BCUT2D eigenvalue weighted by Crippen LogP contribution is 2.28. The first-order chi connectivity index (χ1) is 10.7. The summed E-state index contributed by atoms with van der Waals surface area (Å²) >= 11 is 0. The van der Waals surface area contributed by atoms with Gasteiger partial charge in [-0.3, -0.25) is 4.79 Å². The van der Waals surface area contributed by atoms with Crippen LogP contribution in [-0.2, 0) is 11.2 Å². The number of amides is 1. The molecule has 1 aromatic carbocycles. The highest BCUT2D eigenvalue weighted by Gasteiger charge is 2.32. The smallest absolute Gasteiger partial charge is 0.223 e. The lowest BCUT2D eigenvalue weighted by Gasteiger charge is -2.31. The topological polar surface area (TPSA) is 46.3 Å². The van der Waals surface area contributed by atoms with Crippen LogP contribution in [0.15, 0.2) is 30.3 Å². The van der Waals surface area contributed by atoms with Crippen LogP contribution in [0, 0.1) is 5.92 Å². The standard InChI is InChI=1S/C19H28N2O/c20-18-11-5-4-9-16(18)14-19(22)21-12-6-10-17(21)13-15-7-2-1-3-8-15/h1-3,7-8,16-18H,4-6,9-14,20H2. The Labute approximate surface area is 133 Å². The minimum Gasteiger partial charge on any atom is -0.339 e. The zero-order chi connectivity index (χ0) is 15.4. The summed E-state index contributed by atoms with van der Waals surface area (Å²) in [4.78, 5) is 14.9. The van der Waals surface area contributed by atoms with Crippen LogP contribution in [0.1, 0.15) is 50.5 Å². The summed E-state index contributed by atoms with van der Waals surface area (Å²) < 4.78 is 0. The Morgan fingerprint density at radius 3 is 2.64 bits per heavy atom. The van der Waals surface area contributed by atoms with Crippen LogP contribution in [0.25, 0.3) is 0 Å². The van der Waals surface area contributed by atoms with Gasteiger partial charge >= 0.3 is 0 Å². The molecule has 3 atom stereocenters. The van der Waals surface area contributed by atoms with Crippen molar-refractivity contribution in [2.45, 2.75) is 63.5 Å². The Bertz CT molecular complexity index is 487. The molecule has 120 valence electrons. The van der Waals surface area contributed by atoms with E-state index in [0.717, 1.165) is 38.6 Å². The molecular weight excluding hydrogens is 272 g/mol. The molecule has 0 radical (unpaired) electrons. The molecule has 3 unspecified atom stereocenters. The average Bonchev–Trinajstić information content (AvgIpc) is 2.99. The third kappa shape index (κ3) is 3.70. The fraction of sp³-hybridized carbons (Fsp3) is 0.632. The molecule has 3 rings (SSSR count). The number of likely N-dealkylation sites (tertiary alicyclic amines) is 1. The number of hydrogen-bond donors (Lipinski definition) is 1. The maximum atomic E-state index is 12.7. The van der Waals surface area contributed by atoms with Gasteiger partial charge in [0.05, 0.1) is 0 Å². The van der Waals surface area contributed by atoms with E-state index in [9.17, 15) is 4.79 Å². The van der Waals surface area contributed by atoms with Crippen LogP contribution in [0.2, 0.25) is 0 Å². The molecule has 0 bridgehead atoms. The molecule has 1 aliphatic heterocycles. The number of nitrogens with zero attached hydrogens (tertiary/aromatic N) is 1. The van der Waals surface area contributed by atoms with E-state index in [4.69, 9.17) is 5.73 Å². The minimum atomic E-state index is 0.230. The van der Waals surface area contributed by atoms with Crippen molar-refractivity contribution < 1.29 is 4.79 Å². The van der Waals surface area contributed by atoms with Crippen molar-refractivity contribution in [3.05, 3.63) is 35.9 Å². The fourth-order valence-electron chi connectivity index (χ4n) is 4.09. The number of hydrogen-bond acceptors (Lipinski definition) is 2. The molecule has 1 saturated heterocycles. The molecule has 1 aromatic rings. The molecule has 1 aliphatic carbocycles. The molecular formula is C19H28N2O. The van der Waals surface area contributed by atoms with Gasteiger partial charge in [0.2, 0.25) is 5.91 Å². The summed E-state index contributed by atoms with van der Waals surface area (Å²) in [5.74, 6) is 0.736. The predicted octanol–water partition coefficient (Wildman–Crippen LogP) is 3.13. The van der Waals surface area contributed by atoms with Crippen LogP contribution in [0.4, 0.5) is 0 Å². The molecule has 2 aliphatic rings. The largest absolute Gasteiger partial charge is 0.339 e. The Kier molecular flexibility index (Phi) is 5.14. The van der Waals surface area contributed by atoms with Crippen molar-refractivity contribution in [2.75, 3.05) is 6.54 Å². The molecule has 2 N–H and O–H groups in total. The lowest BCUT2D eigenvalue weighted by atomic mass is 9.82. The van der Waals surface area contributed by atoms with Gasteiger partial charge in [-0.05, 0) is 43.6 Å². The number of nitrogens with two attached hydrogens (primary N) is 1.